The van der Waals surface area contributed by atoms with Crippen molar-refractivity contribution >= 4 is 11.6 Å². The Balaban J connectivity index is 2.14. The molecule has 2 N–H and O–H groups in total. The number of hydrogen-bond donors (Lipinski definition) is 2. The number of ether oxygens (including phenoxy) is 1. The fourth-order valence-electron chi connectivity index (χ4n) is 1.12. The molecule has 1 aromatic rings. The van der Waals surface area contributed by atoms with Gasteiger partial charge >= 0.3 is 0 Å². The predicted molar refractivity (Wildman–Crippen MR) is 50.4 cm³/mol. The minimum atomic E-state index is 0.0241. The first-order valence-corrected chi connectivity index (χ1v) is 4.50. The van der Waals surface area contributed by atoms with Crippen molar-refractivity contribution in [2.45, 2.75) is 6.10 Å². The van der Waals surface area contributed by atoms with Crippen LogP contribution in [0.2, 0.25) is 5.02 Å². The number of para-hydroxylation sites is 1. The van der Waals surface area contributed by atoms with E-state index >= 15 is 0 Å². The first-order chi connectivity index (χ1) is 6.27. The molecule has 2 rings (SSSR count). The lowest BCUT2D eigenvalue weighted by atomic mass is 10.2. The topological polar surface area (TPSA) is 41.5 Å². The van der Waals surface area contributed by atoms with E-state index in [-0.39, 0.29) is 11.9 Å². The van der Waals surface area contributed by atoms with E-state index in [1.54, 1.807) is 18.2 Å². The monoisotopic (exact) mass is 199 g/mol. The molecule has 0 radical (unpaired) electrons. The summed E-state index contributed by atoms with van der Waals surface area (Å²) in [4.78, 5) is 0. The van der Waals surface area contributed by atoms with Crippen LogP contribution in [0.5, 0.6) is 11.5 Å². The molecule has 0 amide bonds. The van der Waals surface area contributed by atoms with Crippen molar-refractivity contribution < 1.29 is 9.84 Å². The molecule has 0 bridgehead atoms. The second-order valence-corrected chi connectivity index (χ2v) is 3.39. The molecule has 3 nitrogen and oxygen atoms in total. The van der Waals surface area contributed by atoms with Gasteiger partial charge in [-0.1, -0.05) is 17.7 Å². The van der Waals surface area contributed by atoms with Crippen LogP contribution in [0.15, 0.2) is 18.2 Å². The van der Waals surface area contributed by atoms with Crippen molar-refractivity contribution in [2.75, 3.05) is 13.1 Å². The molecule has 0 aromatic heterocycles. The fourth-order valence-corrected chi connectivity index (χ4v) is 1.28. The maximum atomic E-state index is 9.49. The minimum Gasteiger partial charge on any atom is -0.503 e. The third-order valence-electron chi connectivity index (χ3n) is 1.99. The van der Waals surface area contributed by atoms with E-state index in [4.69, 9.17) is 16.3 Å². The first-order valence-electron chi connectivity index (χ1n) is 4.12. The van der Waals surface area contributed by atoms with Crippen LogP contribution in [0.3, 0.4) is 0 Å². The van der Waals surface area contributed by atoms with E-state index < -0.39 is 0 Å². The summed E-state index contributed by atoms with van der Waals surface area (Å²) < 4.78 is 5.46. The molecule has 0 spiro atoms. The summed E-state index contributed by atoms with van der Waals surface area (Å²) in [5.74, 6) is 0.482. The normalized spacial score (nSPS) is 16.7. The summed E-state index contributed by atoms with van der Waals surface area (Å²) in [6.07, 6.45) is 0.157. The second kappa shape index (κ2) is 3.44. The van der Waals surface area contributed by atoms with E-state index in [9.17, 15) is 5.11 Å². The third-order valence-corrected chi connectivity index (χ3v) is 2.29. The highest BCUT2D eigenvalue weighted by molar-refractivity contribution is 6.32. The number of nitrogens with one attached hydrogen (secondary N) is 1. The van der Waals surface area contributed by atoms with Gasteiger partial charge in [0.15, 0.2) is 11.5 Å². The van der Waals surface area contributed by atoms with E-state index in [0.29, 0.717) is 10.8 Å². The average molecular weight is 200 g/mol. The van der Waals surface area contributed by atoms with Crippen LogP contribution in [-0.2, 0) is 0 Å². The van der Waals surface area contributed by atoms with Gasteiger partial charge in [0.2, 0.25) is 0 Å². The molecule has 1 saturated heterocycles. The van der Waals surface area contributed by atoms with Crippen molar-refractivity contribution in [3.8, 4) is 11.5 Å². The van der Waals surface area contributed by atoms with Gasteiger partial charge in [0.1, 0.15) is 6.10 Å². The van der Waals surface area contributed by atoms with E-state index in [1.807, 2.05) is 0 Å². The van der Waals surface area contributed by atoms with Crippen LogP contribution in [0.25, 0.3) is 0 Å². The molecular weight excluding hydrogens is 190 g/mol. The quantitative estimate of drug-likeness (QED) is 0.757. The highest BCUT2D eigenvalue weighted by atomic mass is 35.5. The Bertz CT molecular complexity index is 312. The minimum absolute atomic E-state index is 0.0241. The van der Waals surface area contributed by atoms with Crippen LogP contribution in [0, 0.1) is 0 Å². The Kier molecular flexibility index (Phi) is 2.29. The fraction of sp³-hybridized carbons (Fsp3) is 0.333. The molecule has 0 aliphatic carbocycles. The number of hydrogen-bond acceptors (Lipinski definition) is 3. The first kappa shape index (κ1) is 8.66. The predicted octanol–water partition coefficient (Wildman–Crippen LogP) is 1.40. The summed E-state index contributed by atoms with van der Waals surface area (Å²) in [7, 11) is 0. The van der Waals surface area contributed by atoms with Gasteiger partial charge in [-0.25, -0.2) is 0 Å². The molecule has 70 valence electrons. The number of rotatable bonds is 2. The van der Waals surface area contributed by atoms with Gasteiger partial charge in [-0.2, -0.15) is 0 Å². The summed E-state index contributed by atoms with van der Waals surface area (Å²) in [5, 5.41) is 12.9. The van der Waals surface area contributed by atoms with Crippen LogP contribution in [-0.4, -0.2) is 24.3 Å². The lowest BCUT2D eigenvalue weighted by molar-refractivity contribution is 0.137. The average Bonchev–Trinajstić information content (AvgIpc) is 2.04. The smallest absolute Gasteiger partial charge is 0.176 e. The molecule has 4 heteroatoms. The highest BCUT2D eigenvalue weighted by Gasteiger charge is 2.20. The van der Waals surface area contributed by atoms with Gasteiger partial charge in [0, 0.05) is 13.1 Å². The molecule has 0 unspecified atom stereocenters. The van der Waals surface area contributed by atoms with Gasteiger partial charge in [-0.15, -0.1) is 0 Å². The summed E-state index contributed by atoms with van der Waals surface area (Å²) >= 11 is 5.71. The molecule has 1 heterocycles. The Morgan fingerprint density at radius 1 is 1.46 bits per heavy atom. The second-order valence-electron chi connectivity index (χ2n) is 2.98. The van der Waals surface area contributed by atoms with Gasteiger partial charge < -0.3 is 15.2 Å². The van der Waals surface area contributed by atoms with E-state index in [0.717, 1.165) is 13.1 Å². The van der Waals surface area contributed by atoms with Crippen molar-refractivity contribution in [1.29, 1.82) is 0 Å². The maximum absolute atomic E-state index is 9.49. The maximum Gasteiger partial charge on any atom is 0.176 e. The summed E-state index contributed by atoms with van der Waals surface area (Å²) in [6, 6.07) is 5.09. The van der Waals surface area contributed by atoms with Gasteiger partial charge in [0.05, 0.1) is 5.02 Å². The van der Waals surface area contributed by atoms with Gasteiger partial charge in [-0.05, 0) is 12.1 Å². The lowest BCUT2D eigenvalue weighted by Gasteiger charge is -2.28. The number of phenolic OH excluding ortho intramolecular Hbond substituents is 1. The molecule has 1 aliphatic rings. The van der Waals surface area contributed by atoms with Crippen molar-refractivity contribution in [3.63, 3.8) is 0 Å². The number of phenols is 1. The zero-order chi connectivity index (χ0) is 9.26. The Labute approximate surface area is 81.3 Å². The molecule has 13 heavy (non-hydrogen) atoms. The van der Waals surface area contributed by atoms with Crippen LogP contribution in [0.4, 0.5) is 0 Å². The SMILES string of the molecule is Oc1c(Cl)cccc1OC1CNC1. The molecule has 1 fully saturated rings. The zero-order valence-corrected chi connectivity index (χ0v) is 7.71. The van der Waals surface area contributed by atoms with Crippen molar-refractivity contribution in [2.24, 2.45) is 0 Å². The highest BCUT2D eigenvalue weighted by Crippen LogP contribution is 2.33. The molecule has 0 saturated carbocycles. The zero-order valence-electron chi connectivity index (χ0n) is 6.96. The summed E-state index contributed by atoms with van der Waals surface area (Å²) in [6.45, 7) is 1.65. The molecule has 0 atom stereocenters. The number of aromatic hydroxyl groups is 1. The number of benzene rings is 1. The summed E-state index contributed by atoms with van der Waals surface area (Å²) in [5.41, 5.74) is 0. The lowest BCUT2D eigenvalue weighted by Crippen LogP contribution is -2.50. The standard InChI is InChI=1S/C9H10ClNO2/c10-7-2-1-3-8(9(7)12)13-6-4-11-5-6/h1-3,6,11-12H,4-5H2. The van der Waals surface area contributed by atoms with Crippen LogP contribution < -0.4 is 10.1 Å². The van der Waals surface area contributed by atoms with Gasteiger partial charge in [0.25, 0.3) is 0 Å². The molecular formula is C9H10ClNO2. The van der Waals surface area contributed by atoms with E-state index in [2.05, 4.69) is 5.32 Å². The van der Waals surface area contributed by atoms with Crippen molar-refractivity contribution in [1.82, 2.24) is 5.32 Å². The van der Waals surface area contributed by atoms with Crippen LogP contribution in [0.1, 0.15) is 0 Å². The van der Waals surface area contributed by atoms with E-state index in [1.165, 1.54) is 0 Å². The third kappa shape index (κ3) is 1.71. The van der Waals surface area contributed by atoms with Crippen LogP contribution >= 0.6 is 11.6 Å². The molecule has 1 aromatic carbocycles. The Morgan fingerprint density at radius 3 is 2.85 bits per heavy atom. The van der Waals surface area contributed by atoms with Gasteiger partial charge in [-0.3, -0.25) is 0 Å². The Hall–Kier alpha value is -0.930. The number of halogens is 1. The molecule has 1 aliphatic heterocycles. The Morgan fingerprint density at radius 2 is 2.23 bits per heavy atom. The largest absolute Gasteiger partial charge is 0.503 e. The van der Waals surface area contributed by atoms with Crippen molar-refractivity contribution in [3.05, 3.63) is 23.2 Å².